The van der Waals surface area contributed by atoms with Crippen LogP contribution in [-0.4, -0.2) is 17.8 Å². The molecule has 0 saturated carbocycles. The molecule has 1 saturated heterocycles. The molecule has 172 valence electrons. The van der Waals surface area contributed by atoms with Crippen molar-refractivity contribution in [3.8, 4) is 5.75 Å². The maximum absolute atomic E-state index is 13.0. The number of amides is 4. The second kappa shape index (κ2) is 10.1. The molecule has 3 aromatic rings. The highest BCUT2D eigenvalue weighted by atomic mass is 35.5. The Morgan fingerprint density at radius 3 is 2.35 bits per heavy atom. The van der Waals surface area contributed by atoms with E-state index in [4.69, 9.17) is 51.1 Å². The smallest absolute Gasteiger partial charge is 0.335 e. The third-order valence-corrected chi connectivity index (χ3v) is 6.08. The molecule has 1 aliphatic heterocycles. The van der Waals surface area contributed by atoms with Gasteiger partial charge in [0.05, 0.1) is 20.8 Å². The highest BCUT2D eigenvalue weighted by Gasteiger charge is 2.37. The molecule has 0 bridgehead atoms. The van der Waals surface area contributed by atoms with Gasteiger partial charge in [0, 0.05) is 5.02 Å². The summed E-state index contributed by atoms with van der Waals surface area (Å²) in [6, 6.07) is 15.4. The Balaban J connectivity index is 1.57. The predicted molar refractivity (Wildman–Crippen MR) is 133 cm³/mol. The third kappa shape index (κ3) is 5.21. The second-order valence-electron chi connectivity index (χ2n) is 7.16. The molecule has 4 rings (SSSR count). The first-order chi connectivity index (χ1) is 16.2. The minimum absolute atomic E-state index is 0.155. The number of nitrogens with zero attached hydrogens (tertiary/aromatic N) is 1. The molecule has 1 N–H and O–H groups in total. The molecule has 6 nitrogen and oxygen atoms in total. The summed E-state index contributed by atoms with van der Waals surface area (Å²) in [5, 5.41) is 3.43. The first kappa shape index (κ1) is 24.1. The minimum atomic E-state index is -0.895. The van der Waals surface area contributed by atoms with Gasteiger partial charge in [0.15, 0.2) is 0 Å². The number of rotatable bonds is 5. The summed E-state index contributed by atoms with van der Waals surface area (Å²) >= 11 is 24.2. The molecule has 1 heterocycles. The molecule has 34 heavy (non-hydrogen) atoms. The number of halogens is 4. The summed E-state index contributed by atoms with van der Waals surface area (Å²) in [7, 11) is 0. The van der Waals surface area contributed by atoms with Gasteiger partial charge in [-0.05, 0) is 59.7 Å². The summed E-state index contributed by atoms with van der Waals surface area (Å²) in [5.41, 5.74) is 1.24. The summed E-state index contributed by atoms with van der Waals surface area (Å²) < 4.78 is 5.74. The van der Waals surface area contributed by atoms with Crippen LogP contribution >= 0.6 is 46.4 Å². The van der Waals surface area contributed by atoms with Crippen LogP contribution in [0.2, 0.25) is 20.1 Å². The van der Waals surface area contributed by atoms with Gasteiger partial charge in [0.1, 0.15) is 17.9 Å². The van der Waals surface area contributed by atoms with Crippen LogP contribution < -0.4 is 15.0 Å². The van der Waals surface area contributed by atoms with Crippen LogP contribution in [0.3, 0.4) is 0 Å². The van der Waals surface area contributed by atoms with Crippen molar-refractivity contribution < 1.29 is 19.1 Å². The van der Waals surface area contributed by atoms with Crippen molar-refractivity contribution >= 4 is 76.0 Å². The molecule has 4 amide bonds. The van der Waals surface area contributed by atoms with E-state index in [0.717, 1.165) is 10.5 Å². The zero-order chi connectivity index (χ0) is 24.4. The first-order valence-corrected chi connectivity index (χ1v) is 11.3. The molecule has 0 spiro atoms. The highest BCUT2D eigenvalue weighted by molar-refractivity contribution is 6.43. The number of carbonyl (C=O) groups excluding carboxylic acids is 3. The largest absolute Gasteiger partial charge is 0.487 e. The van der Waals surface area contributed by atoms with Crippen molar-refractivity contribution in [3.05, 3.63) is 97.5 Å². The van der Waals surface area contributed by atoms with Crippen LogP contribution in [0, 0.1) is 0 Å². The fourth-order valence-corrected chi connectivity index (χ4v) is 3.94. The van der Waals surface area contributed by atoms with E-state index >= 15 is 0 Å². The van der Waals surface area contributed by atoms with E-state index in [9.17, 15) is 14.4 Å². The Hall–Kier alpha value is -3.03. The monoisotopic (exact) mass is 534 g/mol. The number of nitrogens with one attached hydrogen (secondary N) is 1. The standard InChI is InChI=1S/C24H14Cl4N2O4/c25-15-3-1-2-14(8-15)12-34-21-7-4-13(10-20(21)28)9-17-22(31)29-24(33)30(23(17)32)16-5-6-18(26)19(27)11-16/h1-11H,12H2,(H,29,31,33)/b17-9+. The van der Waals surface area contributed by atoms with Gasteiger partial charge in [-0.2, -0.15) is 0 Å². The van der Waals surface area contributed by atoms with Crippen LogP contribution in [0.25, 0.3) is 6.08 Å². The molecule has 10 heteroatoms. The number of ether oxygens (including phenoxy) is 1. The molecular formula is C24H14Cl4N2O4. The number of hydrogen-bond donors (Lipinski definition) is 1. The van der Waals surface area contributed by atoms with Gasteiger partial charge in [-0.25, -0.2) is 9.69 Å². The molecular weight excluding hydrogens is 522 g/mol. The van der Waals surface area contributed by atoms with E-state index < -0.39 is 17.8 Å². The lowest BCUT2D eigenvalue weighted by Gasteiger charge is -2.26. The number of barbiturate groups is 1. The highest BCUT2D eigenvalue weighted by Crippen LogP contribution is 2.31. The zero-order valence-corrected chi connectivity index (χ0v) is 20.2. The fourth-order valence-electron chi connectivity index (χ4n) is 3.19. The number of carbonyl (C=O) groups is 3. The number of anilines is 1. The predicted octanol–water partition coefficient (Wildman–Crippen LogP) is 6.55. The van der Waals surface area contributed by atoms with E-state index in [1.54, 1.807) is 30.3 Å². The molecule has 1 fully saturated rings. The van der Waals surface area contributed by atoms with Gasteiger partial charge in [0.25, 0.3) is 11.8 Å². The molecule has 1 aliphatic rings. The SMILES string of the molecule is O=C1NC(=O)N(c2ccc(Cl)c(Cl)c2)C(=O)/C1=C/c1ccc(OCc2cccc(Cl)c2)c(Cl)c1. The quantitative estimate of drug-likeness (QED) is 0.297. The lowest BCUT2D eigenvalue weighted by molar-refractivity contribution is -0.122. The van der Waals surface area contributed by atoms with Gasteiger partial charge in [-0.1, -0.05) is 64.6 Å². The van der Waals surface area contributed by atoms with Gasteiger partial charge < -0.3 is 4.74 Å². The maximum atomic E-state index is 13.0. The topological polar surface area (TPSA) is 75.7 Å². The van der Waals surface area contributed by atoms with Gasteiger partial charge in [0.2, 0.25) is 0 Å². The van der Waals surface area contributed by atoms with Crippen LogP contribution in [0.1, 0.15) is 11.1 Å². The number of hydrogen-bond acceptors (Lipinski definition) is 4. The molecule has 3 aromatic carbocycles. The summed E-state index contributed by atoms with van der Waals surface area (Å²) in [6.45, 7) is 0.252. The lowest BCUT2D eigenvalue weighted by Crippen LogP contribution is -2.54. The first-order valence-electron chi connectivity index (χ1n) is 9.76. The average Bonchev–Trinajstić information content (AvgIpc) is 2.78. The van der Waals surface area contributed by atoms with E-state index in [0.29, 0.717) is 16.3 Å². The Kier molecular flexibility index (Phi) is 7.14. The Morgan fingerprint density at radius 2 is 1.65 bits per heavy atom. The molecule has 0 atom stereocenters. The molecule has 0 radical (unpaired) electrons. The van der Waals surface area contributed by atoms with Crippen LogP contribution in [-0.2, 0) is 16.2 Å². The molecule has 0 unspecified atom stereocenters. The number of imide groups is 2. The van der Waals surface area contributed by atoms with Crippen molar-refractivity contribution in [1.29, 1.82) is 0 Å². The lowest BCUT2D eigenvalue weighted by atomic mass is 10.1. The normalized spacial score (nSPS) is 15.0. The summed E-state index contributed by atoms with van der Waals surface area (Å²) in [5.74, 6) is -1.23. The van der Waals surface area contributed by atoms with Gasteiger partial charge >= 0.3 is 6.03 Å². The molecule has 0 aliphatic carbocycles. The van der Waals surface area contributed by atoms with Crippen molar-refractivity contribution in [2.75, 3.05) is 4.90 Å². The van der Waals surface area contributed by atoms with E-state index in [-0.39, 0.29) is 32.9 Å². The fraction of sp³-hybridized carbons (Fsp3) is 0.0417. The van der Waals surface area contributed by atoms with Crippen LogP contribution in [0.5, 0.6) is 5.75 Å². The molecule has 0 aromatic heterocycles. The zero-order valence-electron chi connectivity index (χ0n) is 17.2. The van der Waals surface area contributed by atoms with Crippen molar-refractivity contribution in [1.82, 2.24) is 5.32 Å². The van der Waals surface area contributed by atoms with E-state index in [2.05, 4.69) is 5.32 Å². The number of benzene rings is 3. The summed E-state index contributed by atoms with van der Waals surface area (Å²) in [6.07, 6.45) is 1.33. The van der Waals surface area contributed by atoms with E-state index in [1.165, 1.54) is 24.3 Å². The van der Waals surface area contributed by atoms with Crippen LogP contribution in [0.4, 0.5) is 10.5 Å². The van der Waals surface area contributed by atoms with Gasteiger partial charge in [-0.3, -0.25) is 14.9 Å². The Morgan fingerprint density at radius 1 is 0.853 bits per heavy atom. The minimum Gasteiger partial charge on any atom is -0.487 e. The number of urea groups is 1. The van der Waals surface area contributed by atoms with Crippen molar-refractivity contribution in [2.24, 2.45) is 0 Å². The van der Waals surface area contributed by atoms with E-state index in [1.807, 2.05) is 12.1 Å². The second-order valence-corrected chi connectivity index (χ2v) is 8.82. The third-order valence-electron chi connectivity index (χ3n) is 4.81. The van der Waals surface area contributed by atoms with Gasteiger partial charge in [-0.15, -0.1) is 0 Å². The van der Waals surface area contributed by atoms with Crippen molar-refractivity contribution in [2.45, 2.75) is 6.61 Å². The van der Waals surface area contributed by atoms with Crippen molar-refractivity contribution in [3.63, 3.8) is 0 Å². The Labute approximate surface area is 214 Å². The summed E-state index contributed by atoms with van der Waals surface area (Å²) in [4.78, 5) is 38.6. The average molecular weight is 536 g/mol. The maximum Gasteiger partial charge on any atom is 0.335 e. The Bertz CT molecular complexity index is 1360. The van der Waals surface area contributed by atoms with Crippen LogP contribution in [0.15, 0.2) is 66.2 Å².